The Kier molecular flexibility index (Phi) is 4.95. The molecule has 1 aliphatic heterocycles. The lowest BCUT2D eigenvalue weighted by molar-refractivity contribution is 0.0705. The Labute approximate surface area is 118 Å². The molecule has 0 radical (unpaired) electrons. The smallest absolute Gasteiger partial charge is 0.0528 e. The van der Waals surface area contributed by atoms with Crippen molar-refractivity contribution in [3.63, 3.8) is 0 Å². The van der Waals surface area contributed by atoms with E-state index in [0.717, 1.165) is 31.7 Å². The van der Waals surface area contributed by atoms with Crippen LogP contribution in [0.1, 0.15) is 57.8 Å². The fourth-order valence-corrected chi connectivity index (χ4v) is 3.56. The molecule has 0 aromatic carbocycles. The molecule has 2 nitrogen and oxygen atoms in total. The zero-order valence-corrected chi connectivity index (χ0v) is 12.2. The Morgan fingerprint density at radius 2 is 1.84 bits per heavy atom. The van der Waals surface area contributed by atoms with E-state index in [1.54, 1.807) is 5.57 Å². The van der Waals surface area contributed by atoms with E-state index in [1.807, 2.05) is 0 Å². The van der Waals surface area contributed by atoms with Crippen molar-refractivity contribution in [3.8, 4) is 0 Å². The van der Waals surface area contributed by atoms with Crippen LogP contribution in [0.15, 0.2) is 11.6 Å². The zero-order chi connectivity index (χ0) is 12.9. The van der Waals surface area contributed by atoms with Gasteiger partial charge in [-0.3, -0.25) is 0 Å². The molecule has 0 spiro atoms. The average molecular weight is 263 g/mol. The molecule has 2 saturated carbocycles. The molecule has 108 valence electrons. The summed E-state index contributed by atoms with van der Waals surface area (Å²) in [6.07, 6.45) is 15.1. The molecular weight excluding hydrogens is 234 g/mol. The molecule has 0 aromatic rings. The van der Waals surface area contributed by atoms with Crippen molar-refractivity contribution >= 4 is 0 Å². The molecular formula is C17H29NO. The van der Waals surface area contributed by atoms with Crippen LogP contribution in [-0.4, -0.2) is 25.8 Å². The van der Waals surface area contributed by atoms with Gasteiger partial charge in [-0.05, 0) is 44.4 Å². The minimum atomic E-state index is 0.687. The van der Waals surface area contributed by atoms with Crippen LogP contribution < -0.4 is 5.32 Å². The number of hydrogen-bond donors (Lipinski definition) is 1. The van der Waals surface area contributed by atoms with Gasteiger partial charge in [-0.2, -0.15) is 0 Å². The van der Waals surface area contributed by atoms with Gasteiger partial charge in [0.05, 0.1) is 6.61 Å². The van der Waals surface area contributed by atoms with Gasteiger partial charge < -0.3 is 10.1 Å². The van der Waals surface area contributed by atoms with Gasteiger partial charge in [-0.25, -0.2) is 0 Å². The SMILES string of the molecule is C(=C(\CNC1CC1)C1CCCCC1)/C1CCCOC1. The Morgan fingerprint density at radius 3 is 2.53 bits per heavy atom. The monoisotopic (exact) mass is 263 g/mol. The summed E-state index contributed by atoms with van der Waals surface area (Å²) in [5.74, 6) is 1.55. The first-order valence-electron chi connectivity index (χ1n) is 8.43. The van der Waals surface area contributed by atoms with E-state index < -0.39 is 0 Å². The molecule has 3 aliphatic rings. The molecule has 0 amide bonds. The molecule has 1 N–H and O–H groups in total. The van der Waals surface area contributed by atoms with E-state index in [4.69, 9.17) is 4.74 Å². The van der Waals surface area contributed by atoms with Crippen LogP contribution in [-0.2, 0) is 4.74 Å². The largest absolute Gasteiger partial charge is 0.381 e. The van der Waals surface area contributed by atoms with Gasteiger partial charge in [0, 0.05) is 25.1 Å². The third kappa shape index (κ3) is 4.32. The predicted molar refractivity (Wildman–Crippen MR) is 79.2 cm³/mol. The van der Waals surface area contributed by atoms with E-state index in [2.05, 4.69) is 11.4 Å². The van der Waals surface area contributed by atoms with Crippen LogP contribution in [0.25, 0.3) is 0 Å². The normalized spacial score (nSPS) is 30.5. The van der Waals surface area contributed by atoms with E-state index in [-0.39, 0.29) is 0 Å². The fourth-order valence-electron chi connectivity index (χ4n) is 3.56. The van der Waals surface area contributed by atoms with Crippen LogP contribution in [0.5, 0.6) is 0 Å². The van der Waals surface area contributed by atoms with Gasteiger partial charge in [-0.1, -0.05) is 30.9 Å². The van der Waals surface area contributed by atoms with E-state index in [9.17, 15) is 0 Å². The van der Waals surface area contributed by atoms with Crippen LogP contribution in [0.4, 0.5) is 0 Å². The summed E-state index contributed by atoms with van der Waals surface area (Å²) in [4.78, 5) is 0. The summed E-state index contributed by atoms with van der Waals surface area (Å²) in [5, 5.41) is 3.73. The maximum absolute atomic E-state index is 5.64. The molecule has 1 heterocycles. The lowest BCUT2D eigenvalue weighted by atomic mass is 9.82. The number of hydrogen-bond acceptors (Lipinski definition) is 2. The molecule has 3 fully saturated rings. The minimum Gasteiger partial charge on any atom is -0.381 e. The van der Waals surface area contributed by atoms with Gasteiger partial charge in [0.25, 0.3) is 0 Å². The first-order valence-corrected chi connectivity index (χ1v) is 8.43. The van der Waals surface area contributed by atoms with Gasteiger partial charge in [0.2, 0.25) is 0 Å². The highest BCUT2D eigenvalue weighted by Gasteiger charge is 2.24. The minimum absolute atomic E-state index is 0.687. The van der Waals surface area contributed by atoms with Crippen molar-refractivity contribution in [2.75, 3.05) is 19.8 Å². The predicted octanol–water partition coefficient (Wildman–Crippen LogP) is 3.67. The van der Waals surface area contributed by atoms with Gasteiger partial charge >= 0.3 is 0 Å². The molecule has 19 heavy (non-hydrogen) atoms. The lowest BCUT2D eigenvalue weighted by Crippen LogP contribution is -2.25. The van der Waals surface area contributed by atoms with Gasteiger partial charge in [-0.15, -0.1) is 0 Å². The molecule has 0 aromatic heterocycles. The second kappa shape index (κ2) is 6.90. The van der Waals surface area contributed by atoms with Gasteiger partial charge in [0.15, 0.2) is 0 Å². The molecule has 1 unspecified atom stereocenters. The third-order valence-electron chi connectivity index (χ3n) is 4.95. The molecule has 0 bridgehead atoms. The highest BCUT2D eigenvalue weighted by atomic mass is 16.5. The highest BCUT2D eigenvalue weighted by molar-refractivity contribution is 5.13. The Morgan fingerprint density at radius 1 is 1.00 bits per heavy atom. The van der Waals surface area contributed by atoms with Gasteiger partial charge in [0.1, 0.15) is 0 Å². The van der Waals surface area contributed by atoms with Crippen LogP contribution in [0, 0.1) is 11.8 Å². The summed E-state index contributed by atoms with van der Waals surface area (Å²) < 4.78 is 5.64. The topological polar surface area (TPSA) is 21.3 Å². The zero-order valence-electron chi connectivity index (χ0n) is 12.2. The first-order chi connectivity index (χ1) is 9.42. The summed E-state index contributed by atoms with van der Waals surface area (Å²) in [6.45, 7) is 3.08. The lowest BCUT2D eigenvalue weighted by Gasteiger charge is -2.27. The second-order valence-electron chi connectivity index (χ2n) is 6.71. The van der Waals surface area contributed by atoms with E-state index in [0.29, 0.717) is 5.92 Å². The molecule has 1 atom stereocenters. The molecule has 3 rings (SSSR count). The Hall–Kier alpha value is -0.340. The standard InChI is InChI=1S/C17H29NO/c1-2-6-15(7-3-1)16(12-18-17-8-9-17)11-14-5-4-10-19-13-14/h11,14-15,17-18H,1-10,12-13H2/b16-11-. The molecule has 1 saturated heterocycles. The summed E-state index contributed by atoms with van der Waals surface area (Å²) in [7, 11) is 0. The van der Waals surface area contributed by atoms with Crippen molar-refractivity contribution in [3.05, 3.63) is 11.6 Å². The summed E-state index contributed by atoms with van der Waals surface area (Å²) in [6, 6.07) is 0.828. The summed E-state index contributed by atoms with van der Waals surface area (Å²) in [5.41, 5.74) is 1.71. The van der Waals surface area contributed by atoms with Crippen molar-refractivity contribution in [2.24, 2.45) is 11.8 Å². The quantitative estimate of drug-likeness (QED) is 0.764. The van der Waals surface area contributed by atoms with E-state index >= 15 is 0 Å². The van der Waals surface area contributed by atoms with Crippen LogP contribution in [0.2, 0.25) is 0 Å². The fraction of sp³-hybridized carbons (Fsp3) is 0.882. The maximum atomic E-state index is 5.64. The first kappa shape index (κ1) is 13.6. The maximum Gasteiger partial charge on any atom is 0.0528 e. The average Bonchev–Trinajstić information content (AvgIpc) is 3.30. The van der Waals surface area contributed by atoms with Crippen LogP contribution >= 0.6 is 0 Å². The van der Waals surface area contributed by atoms with Crippen molar-refractivity contribution in [1.29, 1.82) is 0 Å². The Bertz CT molecular complexity index is 296. The van der Waals surface area contributed by atoms with Crippen LogP contribution in [0.3, 0.4) is 0 Å². The van der Waals surface area contributed by atoms with Crippen molar-refractivity contribution < 1.29 is 4.74 Å². The van der Waals surface area contributed by atoms with Crippen molar-refractivity contribution in [1.82, 2.24) is 5.32 Å². The number of ether oxygens (including phenoxy) is 1. The number of nitrogens with one attached hydrogen (secondary N) is 1. The molecule has 2 aliphatic carbocycles. The summed E-state index contributed by atoms with van der Waals surface area (Å²) >= 11 is 0. The Balaban J connectivity index is 1.60. The second-order valence-corrected chi connectivity index (χ2v) is 6.71. The number of rotatable bonds is 5. The van der Waals surface area contributed by atoms with E-state index in [1.165, 1.54) is 57.8 Å². The van der Waals surface area contributed by atoms with Crippen molar-refractivity contribution in [2.45, 2.75) is 63.8 Å². The highest BCUT2D eigenvalue weighted by Crippen LogP contribution is 2.32. The molecule has 2 heteroatoms. The third-order valence-corrected chi connectivity index (χ3v) is 4.95.